The second-order valence-electron chi connectivity index (χ2n) is 11.8. The molecular formula is C26H41BrO. The van der Waals surface area contributed by atoms with Crippen molar-refractivity contribution in [1.29, 1.82) is 0 Å². The third-order valence-electron chi connectivity index (χ3n) is 8.26. The fourth-order valence-electron chi connectivity index (χ4n) is 6.81. The summed E-state index contributed by atoms with van der Waals surface area (Å²) in [6, 6.07) is 4.54. The van der Waals surface area contributed by atoms with Gasteiger partial charge in [-0.2, -0.15) is 0 Å². The maximum absolute atomic E-state index is 11.2. The molecule has 0 saturated heterocycles. The van der Waals surface area contributed by atoms with Crippen LogP contribution in [-0.4, -0.2) is 5.11 Å². The summed E-state index contributed by atoms with van der Waals surface area (Å²) in [6.07, 6.45) is 9.08. The molecule has 2 bridgehead atoms. The Kier molecular flexibility index (Phi) is 5.81. The summed E-state index contributed by atoms with van der Waals surface area (Å²) in [6.45, 7) is 16.6. The molecule has 2 fully saturated rings. The van der Waals surface area contributed by atoms with E-state index >= 15 is 0 Å². The first-order valence-corrected chi connectivity index (χ1v) is 12.4. The fraction of sp³-hybridized carbons (Fsp3) is 0.769. The third-order valence-corrected chi connectivity index (χ3v) is 8.87. The quantitative estimate of drug-likeness (QED) is 0.459. The molecule has 1 aromatic carbocycles. The summed E-state index contributed by atoms with van der Waals surface area (Å²) >= 11 is 3.62. The van der Waals surface area contributed by atoms with Crippen molar-refractivity contribution in [1.82, 2.24) is 0 Å². The molecule has 158 valence electrons. The van der Waals surface area contributed by atoms with Crippen LogP contribution < -0.4 is 0 Å². The number of phenolic OH excluding ortho intramolecular Hbond substituents is 1. The molecule has 2 aliphatic rings. The largest absolute Gasteiger partial charge is 0.507 e. The lowest BCUT2D eigenvalue weighted by molar-refractivity contribution is -0.0444. The molecular weight excluding hydrogens is 408 g/mol. The van der Waals surface area contributed by atoms with E-state index in [2.05, 4.69) is 76.5 Å². The van der Waals surface area contributed by atoms with Gasteiger partial charge < -0.3 is 5.11 Å². The molecule has 3 rings (SSSR count). The van der Waals surface area contributed by atoms with Crippen molar-refractivity contribution in [3.8, 4) is 5.75 Å². The number of alkyl halides is 1. The Morgan fingerprint density at radius 3 is 2.25 bits per heavy atom. The van der Waals surface area contributed by atoms with Crippen molar-refractivity contribution in [3.63, 3.8) is 0 Å². The molecule has 0 heterocycles. The van der Waals surface area contributed by atoms with Gasteiger partial charge in [-0.15, -0.1) is 0 Å². The first kappa shape index (κ1) is 22.2. The van der Waals surface area contributed by atoms with Crippen molar-refractivity contribution < 1.29 is 5.11 Å². The summed E-state index contributed by atoms with van der Waals surface area (Å²) in [5.74, 6) is 1.32. The maximum Gasteiger partial charge on any atom is 0.123 e. The van der Waals surface area contributed by atoms with E-state index < -0.39 is 0 Å². The lowest BCUT2D eigenvalue weighted by atomic mass is 9.47. The van der Waals surface area contributed by atoms with Crippen molar-refractivity contribution in [2.24, 2.45) is 16.7 Å². The van der Waals surface area contributed by atoms with Gasteiger partial charge in [0.05, 0.1) is 0 Å². The van der Waals surface area contributed by atoms with Gasteiger partial charge in [0.2, 0.25) is 0 Å². The van der Waals surface area contributed by atoms with Crippen LogP contribution >= 0.6 is 15.9 Å². The van der Waals surface area contributed by atoms with Gasteiger partial charge >= 0.3 is 0 Å². The van der Waals surface area contributed by atoms with Gasteiger partial charge in [0.1, 0.15) is 5.75 Å². The highest BCUT2D eigenvalue weighted by molar-refractivity contribution is 9.08. The molecule has 4 unspecified atom stereocenters. The number of fused-ring (bicyclic) bond motifs is 2. The molecule has 1 nitrogen and oxygen atoms in total. The summed E-state index contributed by atoms with van der Waals surface area (Å²) < 4.78 is 0. The highest BCUT2D eigenvalue weighted by Gasteiger charge is 2.53. The smallest absolute Gasteiger partial charge is 0.123 e. The molecule has 1 aromatic rings. The zero-order valence-corrected chi connectivity index (χ0v) is 20.8. The Morgan fingerprint density at radius 1 is 1.04 bits per heavy atom. The Labute approximate surface area is 181 Å². The molecule has 0 radical (unpaired) electrons. The van der Waals surface area contributed by atoms with E-state index in [1.54, 1.807) is 0 Å². The first-order valence-electron chi connectivity index (χ1n) is 11.3. The van der Waals surface area contributed by atoms with Crippen molar-refractivity contribution in [2.75, 3.05) is 0 Å². The molecule has 0 aromatic heterocycles. The van der Waals surface area contributed by atoms with E-state index in [9.17, 15) is 5.11 Å². The number of phenols is 1. The van der Waals surface area contributed by atoms with Crippen LogP contribution in [-0.2, 0) is 16.2 Å². The second-order valence-corrected chi connectivity index (χ2v) is 12.4. The minimum absolute atomic E-state index is 0.0657. The van der Waals surface area contributed by atoms with E-state index in [0.717, 1.165) is 11.5 Å². The highest BCUT2D eigenvalue weighted by Crippen LogP contribution is 2.63. The van der Waals surface area contributed by atoms with Gasteiger partial charge in [0.15, 0.2) is 0 Å². The zero-order chi connectivity index (χ0) is 21.0. The number of hydrogen-bond donors (Lipinski definition) is 1. The summed E-state index contributed by atoms with van der Waals surface area (Å²) in [5, 5.41) is 11.9. The SMILES string of the molecule is CCC1(C)CC2CC(CC)(C1)CC(C)(c1cc(C(C)(C)C)cc(CBr)c1O)C2. The minimum Gasteiger partial charge on any atom is -0.507 e. The molecule has 28 heavy (non-hydrogen) atoms. The number of rotatable bonds is 4. The van der Waals surface area contributed by atoms with Crippen LogP contribution in [0.15, 0.2) is 12.1 Å². The van der Waals surface area contributed by atoms with E-state index in [0.29, 0.717) is 21.9 Å². The molecule has 2 heteroatoms. The first-order chi connectivity index (χ1) is 12.9. The number of benzene rings is 1. The lowest BCUT2D eigenvalue weighted by Gasteiger charge is -2.58. The van der Waals surface area contributed by atoms with Crippen molar-refractivity contribution >= 4 is 15.9 Å². The summed E-state index contributed by atoms with van der Waals surface area (Å²) in [4.78, 5) is 0. The average molecular weight is 450 g/mol. The van der Waals surface area contributed by atoms with Crippen molar-refractivity contribution in [3.05, 3.63) is 28.8 Å². The summed E-state index contributed by atoms with van der Waals surface area (Å²) in [5.41, 5.74) is 4.67. The van der Waals surface area contributed by atoms with Gasteiger partial charge in [0, 0.05) is 16.5 Å². The third kappa shape index (κ3) is 3.92. The van der Waals surface area contributed by atoms with Crippen LogP contribution in [0.2, 0.25) is 0 Å². The van der Waals surface area contributed by atoms with Gasteiger partial charge in [-0.3, -0.25) is 0 Å². The van der Waals surface area contributed by atoms with E-state index in [-0.39, 0.29) is 10.8 Å². The van der Waals surface area contributed by atoms with Gasteiger partial charge in [-0.05, 0) is 65.2 Å². The molecule has 2 aliphatic carbocycles. The topological polar surface area (TPSA) is 20.2 Å². The Balaban J connectivity index is 2.09. The number of hydrogen-bond acceptors (Lipinski definition) is 1. The van der Waals surface area contributed by atoms with Crippen LogP contribution in [0, 0.1) is 16.7 Å². The predicted molar refractivity (Wildman–Crippen MR) is 124 cm³/mol. The van der Waals surface area contributed by atoms with E-state index in [1.807, 2.05) is 0 Å². The molecule has 2 saturated carbocycles. The molecule has 1 N–H and O–H groups in total. The second kappa shape index (κ2) is 7.33. The summed E-state index contributed by atoms with van der Waals surface area (Å²) in [7, 11) is 0. The van der Waals surface area contributed by atoms with Gasteiger partial charge in [-0.25, -0.2) is 0 Å². The van der Waals surface area contributed by atoms with E-state index in [1.165, 1.54) is 56.1 Å². The molecule has 4 atom stereocenters. The molecule has 0 aliphatic heterocycles. The minimum atomic E-state index is 0.0657. The maximum atomic E-state index is 11.2. The fourth-order valence-corrected chi connectivity index (χ4v) is 7.23. The van der Waals surface area contributed by atoms with Crippen molar-refractivity contribution in [2.45, 2.75) is 110 Å². The zero-order valence-electron chi connectivity index (χ0n) is 19.2. The van der Waals surface area contributed by atoms with Crippen LogP contribution in [0.5, 0.6) is 5.75 Å². The predicted octanol–water partition coefficient (Wildman–Crippen LogP) is 8.25. The Morgan fingerprint density at radius 2 is 1.71 bits per heavy atom. The Hall–Kier alpha value is -0.500. The van der Waals surface area contributed by atoms with Crippen LogP contribution in [0.4, 0.5) is 0 Å². The monoisotopic (exact) mass is 448 g/mol. The highest BCUT2D eigenvalue weighted by atomic mass is 79.9. The Bertz CT molecular complexity index is 731. The van der Waals surface area contributed by atoms with Crippen LogP contribution in [0.3, 0.4) is 0 Å². The molecule has 0 amide bonds. The van der Waals surface area contributed by atoms with Gasteiger partial charge in [0.25, 0.3) is 0 Å². The average Bonchev–Trinajstić information content (AvgIpc) is 2.59. The van der Waals surface area contributed by atoms with E-state index in [4.69, 9.17) is 0 Å². The molecule has 0 spiro atoms. The normalized spacial score (nSPS) is 35.8. The van der Waals surface area contributed by atoms with Crippen LogP contribution in [0.1, 0.15) is 110 Å². The van der Waals surface area contributed by atoms with Gasteiger partial charge in [-0.1, -0.05) is 89.4 Å². The standard InChI is InChI=1S/C26H41BrO/c1-8-24(6)12-18-13-25(7,17-26(9-2,14-18)16-24)21-11-20(23(3,4)5)10-19(15-27)22(21)28/h10-11,18,28H,8-9,12-17H2,1-7H3. The lowest BCUT2D eigenvalue weighted by Crippen LogP contribution is -2.48. The number of halogens is 1. The van der Waals surface area contributed by atoms with Crippen LogP contribution in [0.25, 0.3) is 0 Å². The number of aromatic hydroxyl groups is 1.